The third-order valence-corrected chi connectivity index (χ3v) is 5.28. The van der Waals surface area contributed by atoms with Gasteiger partial charge < -0.3 is 5.32 Å². The van der Waals surface area contributed by atoms with Gasteiger partial charge in [0.05, 0.1) is 10.2 Å². The molecule has 0 aromatic heterocycles. The highest BCUT2D eigenvalue weighted by atomic mass is 35.5. The lowest BCUT2D eigenvalue weighted by atomic mass is 10.2. The molecule has 2 aromatic rings. The average molecular weight is 377 g/mol. The van der Waals surface area contributed by atoms with E-state index in [1.54, 1.807) is 30.3 Å². The Hall–Kier alpha value is -2.38. The second kappa shape index (κ2) is 7.25. The fourth-order valence-electron chi connectivity index (χ4n) is 2.58. The van der Waals surface area contributed by atoms with E-state index >= 15 is 0 Å². The molecular weight excluding hydrogens is 364 g/mol. The molecule has 6 nitrogen and oxygen atoms in total. The molecule has 25 heavy (non-hydrogen) atoms. The van der Waals surface area contributed by atoms with Crippen LogP contribution in [0.5, 0.6) is 0 Å². The maximum Gasteiger partial charge on any atom is 0.292 e. The van der Waals surface area contributed by atoms with Crippen molar-refractivity contribution in [1.82, 2.24) is 0 Å². The van der Waals surface area contributed by atoms with Crippen molar-refractivity contribution in [2.75, 3.05) is 5.32 Å². The second-order valence-corrected chi connectivity index (χ2v) is 7.20. The molecule has 0 bridgehead atoms. The predicted molar refractivity (Wildman–Crippen MR) is 96.2 cm³/mol. The van der Waals surface area contributed by atoms with E-state index < -0.39 is 16.2 Å². The zero-order valence-electron chi connectivity index (χ0n) is 12.8. The van der Waals surface area contributed by atoms with E-state index in [0.29, 0.717) is 5.02 Å². The number of nitro benzene ring substituents is 1. The monoisotopic (exact) mass is 376 g/mol. The first-order chi connectivity index (χ1) is 12.0. The maximum absolute atomic E-state index is 12.6. The highest BCUT2D eigenvalue weighted by molar-refractivity contribution is 8.00. The summed E-state index contributed by atoms with van der Waals surface area (Å²) in [5.41, 5.74) is -0.00625. The van der Waals surface area contributed by atoms with Gasteiger partial charge in [0.25, 0.3) is 5.69 Å². The Morgan fingerprint density at radius 2 is 1.80 bits per heavy atom. The molecule has 1 N–H and O–H groups in total. The van der Waals surface area contributed by atoms with Gasteiger partial charge >= 0.3 is 0 Å². The minimum atomic E-state index is -1.06. The van der Waals surface area contributed by atoms with E-state index in [0.717, 1.165) is 4.90 Å². The zero-order chi connectivity index (χ0) is 18.0. The SMILES string of the molecule is O=C1CC(Sc2ccc(Cl)cc2)C(=O)C1Nc1ccccc1[N+](=O)[O-]. The van der Waals surface area contributed by atoms with E-state index in [9.17, 15) is 19.7 Å². The van der Waals surface area contributed by atoms with Gasteiger partial charge in [0.2, 0.25) is 0 Å². The van der Waals surface area contributed by atoms with E-state index in [2.05, 4.69) is 5.32 Å². The Labute approximate surface area is 152 Å². The molecule has 2 aromatic carbocycles. The van der Waals surface area contributed by atoms with Crippen molar-refractivity contribution in [2.45, 2.75) is 22.6 Å². The number of rotatable bonds is 5. The van der Waals surface area contributed by atoms with Crippen LogP contribution < -0.4 is 5.32 Å². The molecule has 128 valence electrons. The first-order valence-electron chi connectivity index (χ1n) is 7.44. The van der Waals surface area contributed by atoms with Gasteiger partial charge in [-0.2, -0.15) is 0 Å². The normalized spacial score (nSPS) is 19.9. The van der Waals surface area contributed by atoms with Crippen molar-refractivity contribution >= 4 is 46.3 Å². The second-order valence-electron chi connectivity index (χ2n) is 5.48. The molecule has 0 saturated heterocycles. The molecule has 1 aliphatic rings. The summed E-state index contributed by atoms with van der Waals surface area (Å²) in [6, 6.07) is 11.9. The quantitative estimate of drug-likeness (QED) is 0.486. The Morgan fingerprint density at radius 1 is 1.12 bits per heavy atom. The minimum absolute atomic E-state index is 0.0877. The lowest BCUT2D eigenvalue weighted by Crippen LogP contribution is -2.32. The number of nitrogens with zero attached hydrogens (tertiary/aromatic N) is 1. The number of ketones is 2. The number of hydrogen-bond acceptors (Lipinski definition) is 6. The highest BCUT2D eigenvalue weighted by Gasteiger charge is 2.42. The summed E-state index contributed by atoms with van der Waals surface area (Å²) in [4.78, 5) is 36.2. The smallest absolute Gasteiger partial charge is 0.292 e. The van der Waals surface area contributed by atoms with Gasteiger partial charge in [-0.3, -0.25) is 19.7 Å². The van der Waals surface area contributed by atoms with Gasteiger partial charge in [0.1, 0.15) is 11.7 Å². The van der Waals surface area contributed by atoms with Crippen molar-refractivity contribution in [2.24, 2.45) is 0 Å². The van der Waals surface area contributed by atoms with Crippen molar-refractivity contribution in [1.29, 1.82) is 0 Å². The van der Waals surface area contributed by atoms with Crippen LogP contribution in [-0.4, -0.2) is 27.8 Å². The fourth-order valence-corrected chi connectivity index (χ4v) is 3.83. The Bertz CT molecular complexity index is 841. The number of nitro groups is 1. The topological polar surface area (TPSA) is 89.3 Å². The molecular formula is C17H13ClN2O4S. The molecule has 0 heterocycles. The number of thioether (sulfide) groups is 1. The summed E-state index contributed by atoms with van der Waals surface area (Å²) in [5, 5.41) is 13.9. The standard InChI is InChI=1S/C17H13ClN2O4S/c18-10-5-7-11(8-6-10)25-15-9-14(21)16(17(15)22)19-12-3-1-2-4-13(12)20(23)24/h1-8,15-16,19H,9H2. The number of carbonyl (C=O) groups is 2. The van der Waals surface area contributed by atoms with Gasteiger partial charge in [-0.05, 0) is 30.3 Å². The van der Waals surface area contributed by atoms with Crippen LogP contribution in [0.15, 0.2) is 53.4 Å². The molecule has 0 amide bonds. The largest absolute Gasteiger partial charge is 0.364 e. The molecule has 1 saturated carbocycles. The highest BCUT2D eigenvalue weighted by Crippen LogP contribution is 2.34. The minimum Gasteiger partial charge on any atom is -0.364 e. The van der Waals surface area contributed by atoms with E-state index in [-0.39, 0.29) is 29.4 Å². The lowest BCUT2D eigenvalue weighted by molar-refractivity contribution is -0.384. The van der Waals surface area contributed by atoms with Crippen molar-refractivity contribution in [3.8, 4) is 0 Å². The van der Waals surface area contributed by atoms with Crippen LogP contribution in [0.25, 0.3) is 0 Å². The average Bonchev–Trinajstić information content (AvgIpc) is 2.85. The van der Waals surface area contributed by atoms with Gasteiger partial charge in [-0.15, -0.1) is 11.8 Å². The maximum atomic E-state index is 12.6. The van der Waals surface area contributed by atoms with Gasteiger partial charge in [0, 0.05) is 22.4 Å². The number of benzene rings is 2. The molecule has 2 atom stereocenters. The summed E-state index contributed by atoms with van der Waals surface area (Å²) in [6.45, 7) is 0. The number of Topliss-reactive ketones (excluding diaryl/α,β-unsaturated/α-hetero) is 2. The predicted octanol–water partition coefficient (Wildman–Crippen LogP) is 3.73. The number of halogens is 1. The van der Waals surface area contributed by atoms with E-state index in [1.807, 2.05) is 0 Å². The molecule has 0 aliphatic heterocycles. The third kappa shape index (κ3) is 3.83. The van der Waals surface area contributed by atoms with Gasteiger partial charge in [-0.1, -0.05) is 23.7 Å². The van der Waals surface area contributed by atoms with Crippen molar-refractivity contribution in [3.63, 3.8) is 0 Å². The summed E-state index contributed by atoms with van der Waals surface area (Å²) in [7, 11) is 0. The molecule has 1 aliphatic carbocycles. The van der Waals surface area contributed by atoms with Gasteiger partial charge in [-0.25, -0.2) is 0 Å². The molecule has 3 rings (SSSR count). The molecule has 0 spiro atoms. The number of carbonyl (C=O) groups excluding carboxylic acids is 2. The van der Waals surface area contributed by atoms with Crippen LogP contribution in [0.3, 0.4) is 0 Å². The van der Waals surface area contributed by atoms with Crippen LogP contribution in [-0.2, 0) is 9.59 Å². The van der Waals surface area contributed by atoms with E-state index in [1.165, 1.54) is 30.0 Å². The summed E-state index contributed by atoms with van der Waals surface area (Å²) >= 11 is 7.13. The molecule has 1 fully saturated rings. The first-order valence-corrected chi connectivity index (χ1v) is 8.70. The molecule has 8 heteroatoms. The molecule has 0 radical (unpaired) electrons. The summed E-state index contributed by atoms with van der Waals surface area (Å²) in [6.07, 6.45) is 0.0877. The number of para-hydroxylation sites is 2. The lowest BCUT2D eigenvalue weighted by Gasteiger charge is -2.12. The Balaban J connectivity index is 1.76. The number of anilines is 1. The van der Waals surface area contributed by atoms with Crippen LogP contribution >= 0.6 is 23.4 Å². The number of hydrogen-bond donors (Lipinski definition) is 1. The van der Waals surface area contributed by atoms with Crippen LogP contribution in [0, 0.1) is 10.1 Å². The third-order valence-electron chi connectivity index (χ3n) is 3.80. The zero-order valence-corrected chi connectivity index (χ0v) is 14.4. The summed E-state index contributed by atoms with van der Waals surface area (Å²) < 4.78 is 0. The van der Waals surface area contributed by atoms with E-state index in [4.69, 9.17) is 11.6 Å². The first kappa shape index (κ1) is 17.4. The Morgan fingerprint density at radius 3 is 2.48 bits per heavy atom. The van der Waals surface area contributed by atoms with Crippen molar-refractivity contribution in [3.05, 3.63) is 63.7 Å². The van der Waals surface area contributed by atoms with Crippen LogP contribution in [0.1, 0.15) is 6.42 Å². The van der Waals surface area contributed by atoms with Crippen molar-refractivity contribution < 1.29 is 14.5 Å². The van der Waals surface area contributed by atoms with Crippen LogP contribution in [0.4, 0.5) is 11.4 Å². The van der Waals surface area contributed by atoms with Gasteiger partial charge in [0.15, 0.2) is 11.6 Å². The Kier molecular flexibility index (Phi) is 5.06. The summed E-state index contributed by atoms with van der Waals surface area (Å²) in [5.74, 6) is -0.544. The number of nitrogens with one attached hydrogen (secondary N) is 1. The van der Waals surface area contributed by atoms with Crippen LogP contribution in [0.2, 0.25) is 5.02 Å². The fraction of sp³-hybridized carbons (Fsp3) is 0.176. The molecule has 2 unspecified atom stereocenters.